The molecule has 1 aliphatic carbocycles. The summed E-state index contributed by atoms with van der Waals surface area (Å²) < 4.78 is 22.0. The van der Waals surface area contributed by atoms with Crippen molar-refractivity contribution in [1.29, 1.82) is 0 Å². The molecule has 0 amide bonds. The number of benzene rings is 1. The second-order valence-corrected chi connectivity index (χ2v) is 8.28. The number of hydrogen-bond donors (Lipinski definition) is 3. The number of para-hydroxylation sites is 1. The molecule has 7 nitrogen and oxygen atoms in total. The van der Waals surface area contributed by atoms with Crippen LogP contribution in [-0.2, 0) is 20.2 Å². The fourth-order valence-corrected chi connectivity index (χ4v) is 3.77. The molecule has 1 aromatic rings. The average Bonchev–Trinajstić information content (AvgIpc) is 2.51. The van der Waals surface area contributed by atoms with E-state index in [-0.39, 0.29) is 18.6 Å². The predicted molar refractivity (Wildman–Crippen MR) is 90.4 cm³/mol. The number of aryl methyl sites for hydroxylation is 1. The Morgan fingerprint density at radius 2 is 1.96 bits per heavy atom. The second-order valence-electron chi connectivity index (χ2n) is 6.53. The second kappa shape index (κ2) is 9.12. The largest absolute Gasteiger partial charge is 0.779 e. The molecular formula is C17H26O7P-. The molecule has 0 bridgehead atoms. The van der Waals surface area contributed by atoms with E-state index in [0.29, 0.717) is 19.4 Å². The number of aliphatic hydroxyl groups is 2. The Morgan fingerprint density at radius 1 is 1.24 bits per heavy atom. The van der Waals surface area contributed by atoms with Crippen LogP contribution in [0.25, 0.3) is 0 Å². The summed E-state index contributed by atoms with van der Waals surface area (Å²) >= 11 is 0. The van der Waals surface area contributed by atoms with E-state index in [0.717, 1.165) is 18.6 Å². The Morgan fingerprint density at radius 3 is 2.64 bits per heavy atom. The summed E-state index contributed by atoms with van der Waals surface area (Å²) in [5, 5.41) is 29.5. The molecule has 0 radical (unpaired) electrons. The Hall–Kier alpha value is -0.950. The van der Waals surface area contributed by atoms with Gasteiger partial charge in [-0.3, -0.25) is 0 Å². The maximum Gasteiger partial charge on any atom is 0.132 e. The van der Waals surface area contributed by atoms with Crippen LogP contribution in [0.4, 0.5) is 0 Å². The molecule has 0 aliphatic heterocycles. The van der Waals surface area contributed by atoms with Crippen LogP contribution < -0.4 is 4.89 Å². The fraction of sp³-hybridized carbons (Fsp3) is 0.647. The van der Waals surface area contributed by atoms with Gasteiger partial charge in [-0.25, -0.2) is 0 Å². The van der Waals surface area contributed by atoms with E-state index < -0.39 is 32.0 Å². The zero-order valence-electron chi connectivity index (χ0n) is 14.3. The molecule has 1 aliphatic rings. The Labute approximate surface area is 147 Å². The molecule has 1 unspecified atom stereocenters. The molecular weight excluding hydrogens is 347 g/mol. The van der Waals surface area contributed by atoms with Gasteiger partial charge in [0.05, 0.1) is 18.3 Å². The number of unbranched alkanes of at least 4 members (excludes halogenated alkanes) is 1. The lowest BCUT2D eigenvalue weighted by atomic mass is 9.90. The number of rotatable bonds is 8. The summed E-state index contributed by atoms with van der Waals surface area (Å²) in [7, 11) is -4.02. The van der Waals surface area contributed by atoms with Gasteiger partial charge in [0, 0.05) is 26.1 Å². The van der Waals surface area contributed by atoms with Crippen molar-refractivity contribution in [2.24, 2.45) is 0 Å². The third-order valence-corrected chi connectivity index (χ3v) is 4.87. The van der Waals surface area contributed by atoms with Gasteiger partial charge in [-0.2, -0.15) is 0 Å². The van der Waals surface area contributed by atoms with E-state index in [9.17, 15) is 24.8 Å². The lowest BCUT2D eigenvalue weighted by molar-refractivity contribution is -0.216. The zero-order valence-corrected chi connectivity index (χ0v) is 15.2. The van der Waals surface area contributed by atoms with Crippen molar-refractivity contribution in [2.45, 2.75) is 56.5 Å². The number of aliphatic hydroxyl groups excluding tert-OH is 2. The van der Waals surface area contributed by atoms with Gasteiger partial charge in [-0.1, -0.05) is 18.2 Å². The molecule has 5 atom stereocenters. The molecule has 2 rings (SSSR count). The van der Waals surface area contributed by atoms with Crippen molar-refractivity contribution in [1.82, 2.24) is 0 Å². The lowest BCUT2D eigenvalue weighted by Gasteiger charge is -2.39. The Balaban J connectivity index is 1.80. The quantitative estimate of drug-likeness (QED) is 0.462. The molecule has 0 spiro atoms. The maximum atomic E-state index is 11.4. The first-order valence-electron chi connectivity index (χ1n) is 8.48. The average molecular weight is 373 g/mol. The van der Waals surface area contributed by atoms with Crippen LogP contribution in [0.1, 0.15) is 31.2 Å². The summed E-state index contributed by atoms with van der Waals surface area (Å²) in [4.78, 5) is 11.4. The van der Waals surface area contributed by atoms with E-state index in [2.05, 4.69) is 0 Å². The number of ether oxygens (including phenoxy) is 1. The normalized spacial score (nSPS) is 29.3. The van der Waals surface area contributed by atoms with E-state index >= 15 is 0 Å². The lowest BCUT2D eigenvalue weighted by Crippen LogP contribution is -2.49. The highest BCUT2D eigenvalue weighted by molar-refractivity contribution is 7.50. The molecule has 1 saturated carbocycles. The Bertz CT molecular complexity index is 588. The molecule has 1 fully saturated rings. The number of aromatic hydroxyl groups is 1. The Kier molecular flexibility index (Phi) is 7.43. The highest BCUT2D eigenvalue weighted by Crippen LogP contribution is 2.38. The van der Waals surface area contributed by atoms with E-state index in [1.165, 1.54) is 0 Å². The highest BCUT2D eigenvalue weighted by atomic mass is 31.2. The first-order chi connectivity index (χ1) is 11.8. The van der Waals surface area contributed by atoms with Crippen molar-refractivity contribution in [3.63, 3.8) is 0 Å². The van der Waals surface area contributed by atoms with Gasteiger partial charge in [-0.05, 0) is 30.9 Å². The van der Waals surface area contributed by atoms with Crippen molar-refractivity contribution < 1.29 is 34.0 Å². The number of hydrogen-bond acceptors (Lipinski definition) is 7. The van der Waals surface area contributed by atoms with Gasteiger partial charge in [0.25, 0.3) is 0 Å². The fourth-order valence-electron chi connectivity index (χ4n) is 3.06. The minimum Gasteiger partial charge on any atom is -0.779 e. The van der Waals surface area contributed by atoms with Crippen molar-refractivity contribution in [2.75, 3.05) is 13.3 Å². The van der Waals surface area contributed by atoms with Gasteiger partial charge in [0.2, 0.25) is 0 Å². The highest BCUT2D eigenvalue weighted by Gasteiger charge is 2.39. The van der Waals surface area contributed by atoms with Gasteiger partial charge in [0.1, 0.15) is 19.4 Å². The summed E-state index contributed by atoms with van der Waals surface area (Å²) in [6.07, 6.45) is -1.02. The van der Waals surface area contributed by atoms with Crippen molar-refractivity contribution in [3.05, 3.63) is 29.8 Å². The molecule has 1 aromatic carbocycles. The topological polar surface area (TPSA) is 119 Å². The van der Waals surface area contributed by atoms with Crippen LogP contribution in [0.15, 0.2) is 24.3 Å². The number of phenols is 1. The third-order valence-electron chi connectivity index (χ3n) is 4.24. The SMILES string of the molecule is CP(=O)([O-])O[C@@H]1[C@H](O)C[C@@H](O)C[C@H]1OCCCCc1ccccc1O. The van der Waals surface area contributed by atoms with Crippen LogP contribution in [-0.4, -0.2) is 53.0 Å². The van der Waals surface area contributed by atoms with Gasteiger partial charge in [-0.15, -0.1) is 0 Å². The molecule has 0 heterocycles. The van der Waals surface area contributed by atoms with E-state index in [1.807, 2.05) is 12.1 Å². The first kappa shape index (κ1) is 20.4. The smallest absolute Gasteiger partial charge is 0.132 e. The minimum absolute atomic E-state index is 0.0673. The molecule has 142 valence electrons. The van der Waals surface area contributed by atoms with Crippen LogP contribution in [0.3, 0.4) is 0 Å². The predicted octanol–water partition coefficient (Wildman–Crippen LogP) is 1.18. The molecule has 8 heteroatoms. The van der Waals surface area contributed by atoms with Crippen LogP contribution >= 0.6 is 7.60 Å². The third kappa shape index (κ3) is 6.70. The zero-order chi connectivity index (χ0) is 18.4. The van der Waals surface area contributed by atoms with Crippen molar-refractivity contribution >= 4 is 7.60 Å². The van der Waals surface area contributed by atoms with Gasteiger partial charge < -0.3 is 34.0 Å². The molecule has 0 aromatic heterocycles. The molecule has 3 N–H and O–H groups in total. The van der Waals surface area contributed by atoms with Crippen LogP contribution in [0.2, 0.25) is 0 Å². The molecule has 25 heavy (non-hydrogen) atoms. The standard InChI is InChI=1S/C17H27O7P/c1-25(21,22)24-17-15(20)10-13(18)11-16(17)23-9-5-4-7-12-6-2-3-8-14(12)19/h2-3,6,8,13,15-20H,4-5,7,9-11H2,1H3,(H,21,22)/p-1/t13-,15-,16-,17-/m1/s1. The first-order valence-corrected chi connectivity index (χ1v) is 10.5. The summed E-state index contributed by atoms with van der Waals surface area (Å²) in [5.74, 6) is 0.268. The summed E-state index contributed by atoms with van der Waals surface area (Å²) in [6.45, 7) is 1.30. The minimum atomic E-state index is -4.02. The van der Waals surface area contributed by atoms with E-state index in [1.54, 1.807) is 12.1 Å². The van der Waals surface area contributed by atoms with Crippen molar-refractivity contribution in [3.8, 4) is 5.75 Å². The molecule has 0 saturated heterocycles. The monoisotopic (exact) mass is 373 g/mol. The van der Waals surface area contributed by atoms with Crippen LogP contribution in [0.5, 0.6) is 5.75 Å². The maximum absolute atomic E-state index is 11.4. The van der Waals surface area contributed by atoms with E-state index in [4.69, 9.17) is 9.26 Å². The van der Waals surface area contributed by atoms with Gasteiger partial charge in [0.15, 0.2) is 0 Å². The van der Waals surface area contributed by atoms with Crippen LogP contribution in [0, 0.1) is 0 Å². The van der Waals surface area contributed by atoms with Gasteiger partial charge >= 0.3 is 0 Å². The summed E-state index contributed by atoms with van der Waals surface area (Å²) in [5.41, 5.74) is 0.866. The summed E-state index contributed by atoms with van der Waals surface area (Å²) in [6, 6.07) is 7.14. The number of phenolic OH excluding ortho intramolecular Hbond substituents is 1.